The number of hydrogen-bond acceptors (Lipinski definition) is 5. The predicted molar refractivity (Wildman–Crippen MR) is 75.9 cm³/mol. The zero-order chi connectivity index (χ0) is 14.0. The number of benzene rings is 1. The molecule has 0 fully saturated rings. The van der Waals surface area contributed by atoms with Gasteiger partial charge in [-0.2, -0.15) is 0 Å². The van der Waals surface area contributed by atoms with Crippen LogP contribution in [0.5, 0.6) is 5.06 Å². The van der Waals surface area contributed by atoms with Crippen molar-refractivity contribution in [3.05, 3.63) is 55.4 Å². The maximum Gasteiger partial charge on any atom is 0.310 e. The average Bonchev–Trinajstić information content (AvgIpc) is 2.27. The standard InChI is InChI=1S/C13H12N2O3S/c1-7-4-3-5-9(6-7)14-8(2)10-11(16)15-13(18)19-12(10)17/h3-6,17H,1-2H3,(H,15,16,18). The zero-order valence-corrected chi connectivity index (χ0v) is 11.2. The Bertz CT molecular complexity index is 759. The summed E-state index contributed by atoms with van der Waals surface area (Å²) in [5.41, 5.74) is 1.50. The van der Waals surface area contributed by atoms with E-state index in [1.54, 1.807) is 13.0 Å². The van der Waals surface area contributed by atoms with E-state index >= 15 is 0 Å². The van der Waals surface area contributed by atoms with Crippen molar-refractivity contribution >= 4 is 22.7 Å². The number of nitrogens with zero attached hydrogens (tertiary/aromatic N) is 1. The molecule has 2 rings (SSSR count). The number of nitrogens with one attached hydrogen (secondary N) is 1. The molecule has 1 aromatic carbocycles. The number of H-pyrrole nitrogens is 1. The minimum Gasteiger partial charge on any atom is -0.499 e. The highest BCUT2D eigenvalue weighted by Gasteiger charge is 2.12. The molecule has 6 heteroatoms. The molecule has 2 N–H and O–H groups in total. The average molecular weight is 276 g/mol. The third-order valence-electron chi connectivity index (χ3n) is 2.51. The van der Waals surface area contributed by atoms with Crippen LogP contribution in [0.4, 0.5) is 5.69 Å². The van der Waals surface area contributed by atoms with E-state index in [0.717, 1.165) is 5.56 Å². The normalized spacial score (nSPS) is 11.6. The number of aryl methyl sites for hydroxylation is 1. The van der Waals surface area contributed by atoms with Crippen LogP contribution in [0.15, 0.2) is 38.8 Å². The van der Waals surface area contributed by atoms with Gasteiger partial charge in [0.1, 0.15) is 5.56 Å². The fourth-order valence-corrected chi connectivity index (χ4v) is 2.34. The van der Waals surface area contributed by atoms with E-state index in [1.807, 2.05) is 25.1 Å². The number of hydrogen-bond donors (Lipinski definition) is 2. The van der Waals surface area contributed by atoms with Crippen molar-refractivity contribution in [3.63, 3.8) is 0 Å². The van der Waals surface area contributed by atoms with E-state index in [1.165, 1.54) is 0 Å². The summed E-state index contributed by atoms with van der Waals surface area (Å²) >= 11 is 0.579. The highest BCUT2D eigenvalue weighted by molar-refractivity contribution is 7.11. The molecule has 0 amide bonds. The van der Waals surface area contributed by atoms with Gasteiger partial charge < -0.3 is 5.11 Å². The monoisotopic (exact) mass is 276 g/mol. The highest BCUT2D eigenvalue weighted by Crippen LogP contribution is 2.19. The number of aromatic hydroxyl groups is 1. The summed E-state index contributed by atoms with van der Waals surface area (Å²) in [5, 5.41) is 9.38. The summed E-state index contributed by atoms with van der Waals surface area (Å²) in [6.45, 7) is 3.55. The van der Waals surface area contributed by atoms with Gasteiger partial charge in [0.05, 0.1) is 11.4 Å². The maximum absolute atomic E-state index is 11.7. The van der Waals surface area contributed by atoms with Crippen molar-refractivity contribution in [2.24, 2.45) is 4.99 Å². The van der Waals surface area contributed by atoms with Crippen LogP contribution in [0.1, 0.15) is 18.1 Å². The second-order valence-corrected chi connectivity index (χ2v) is 5.02. The summed E-state index contributed by atoms with van der Waals surface area (Å²) in [4.78, 5) is 28.5. The summed E-state index contributed by atoms with van der Waals surface area (Å²) < 4.78 is 0. The summed E-state index contributed by atoms with van der Waals surface area (Å²) in [5.74, 6) is 0. The van der Waals surface area contributed by atoms with Crippen molar-refractivity contribution in [2.75, 3.05) is 0 Å². The second-order valence-electron chi connectivity index (χ2n) is 4.06. The van der Waals surface area contributed by atoms with E-state index in [2.05, 4.69) is 9.98 Å². The molecule has 1 aromatic heterocycles. The smallest absolute Gasteiger partial charge is 0.310 e. The molecule has 0 atom stereocenters. The third kappa shape index (κ3) is 2.97. The largest absolute Gasteiger partial charge is 0.499 e. The van der Waals surface area contributed by atoms with Gasteiger partial charge in [0.15, 0.2) is 5.06 Å². The van der Waals surface area contributed by atoms with Crippen LogP contribution in [0.25, 0.3) is 0 Å². The van der Waals surface area contributed by atoms with E-state index in [-0.39, 0.29) is 10.6 Å². The van der Waals surface area contributed by atoms with Crippen LogP contribution in [0.3, 0.4) is 0 Å². The Morgan fingerprint density at radius 3 is 2.74 bits per heavy atom. The summed E-state index contributed by atoms with van der Waals surface area (Å²) in [7, 11) is 0. The molecule has 0 aliphatic heterocycles. The first-order valence-electron chi connectivity index (χ1n) is 5.56. The number of aromatic amines is 1. The zero-order valence-electron chi connectivity index (χ0n) is 10.4. The molecule has 98 valence electrons. The van der Waals surface area contributed by atoms with Gasteiger partial charge in [-0.1, -0.05) is 12.1 Å². The molecule has 0 bridgehead atoms. The lowest BCUT2D eigenvalue weighted by Gasteiger charge is -2.02. The van der Waals surface area contributed by atoms with E-state index in [0.29, 0.717) is 22.7 Å². The quantitative estimate of drug-likeness (QED) is 0.822. The van der Waals surface area contributed by atoms with Crippen molar-refractivity contribution in [1.29, 1.82) is 0 Å². The Kier molecular flexibility index (Phi) is 3.62. The number of aliphatic imine (C=N–C) groups is 1. The van der Waals surface area contributed by atoms with Crippen LogP contribution in [0, 0.1) is 6.92 Å². The van der Waals surface area contributed by atoms with Crippen molar-refractivity contribution in [2.45, 2.75) is 13.8 Å². The molecule has 0 unspecified atom stereocenters. The van der Waals surface area contributed by atoms with Gasteiger partial charge in [0, 0.05) is 0 Å². The van der Waals surface area contributed by atoms with Crippen LogP contribution in [-0.2, 0) is 0 Å². The van der Waals surface area contributed by atoms with Crippen molar-refractivity contribution in [3.8, 4) is 5.06 Å². The highest BCUT2D eigenvalue weighted by atomic mass is 32.1. The second kappa shape index (κ2) is 5.19. The molecular formula is C13H12N2O3S. The van der Waals surface area contributed by atoms with Gasteiger partial charge in [-0.3, -0.25) is 19.6 Å². The fourth-order valence-electron chi connectivity index (χ4n) is 1.68. The van der Waals surface area contributed by atoms with Crippen molar-refractivity contribution in [1.82, 2.24) is 4.98 Å². The minimum absolute atomic E-state index is 0.0334. The first-order valence-corrected chi connectivity index (χ1v) is 6.38. The molecule has 0 saturated heterocycles. The molecule has 1 heterocycles. The molecule has 0 saturated carbocycles. The van der Waals surface area contributed by atoms with E-state index in [4.69, 9.17) is 0 Å². The van der Waals surface area contributed by atoms with Gasteiger partial charge >= 0.3 is 4.87 Å². The van der Waals surface area contributed by atoms with Crippen molar-refractivity contribution < 1.29 is 5.11 Å². The lowest BCUT2D eigenvalue weighted by Crippen LogP contribution is -2.22. The Balaban J connectivity index is 2.54. The Morgan fingerprint density at radius 2 is 2.11 bits per heavy atom. The number of aromatic nitrogens is 1. The predicted octanol–water partition coefficient (Wildman–Crippen LogP) is 1.95. The maximum atomic E-state index is 11.7. The summed E-state index contributed by atoms with van der Waals surface area (Å²) in [6, 6.07) is 7.45. The van der Waals surface area contributed by atoms with Gasteiger partial charge in [-0.05, 0) is 42.9 Å². The van der Waals surface area contributed by atoms with Gasteiger partial charge in [0.25, 0.3) is 5.56 Å². The summed E-state index contributed by atoms with van der Waals surface area (Å²) in [6.07, 6.45) is 0. The lowest BCUT2D eigenvalue weighted by atomic mass is 10.2. The van der Waals surface area contributed by atoms with Crippen LogP contribution < -0.4 is 10.4 Å². The first-order chi connectivity index (χ1) is 8.97. The van der Waals surface area contributed by atoms with Gasteiger partial charge in [0.2, 0.25) is 0 Å². The minimum atomic E-state index is -0.629. The van der Waals surface area contributed by atoms with Crippen LogP contribution in [-0.4, -0.2) is 15.8 Å². The molecule has 5 nitrogen and oxygen atoms in total. The first kappa shape index (κ1) is 13.2. The van der Waals surface area contributed by atoms with Crippen LogP contribution >= 0.6 is 11.3 Å². The van der Waals surface area contributed by atoms with Gasteiger partial charge in [-0.15, -0.1) is 0 Å². The SMILES string of the molecule is CC(=Nc1cccc(C)c1)c1c(O)sc(=O)[nH]c1=O. The lowest BCUT2D eigenvalue weighted by molar-refractivity contribution is 0.487. The Labute approximate surface area is 112 Å². The topological polar surface area (TPSA) is 82.5 Å². The molecule has 0 spiro atoms. The van der Waals surface area contributed by atoms with Crippen LogP contribution in [0.2, 0.25) is 0 Å². The fraction of sp³-hybridized carbons (Fsp3) is 0.154. The third-order valence-corrected chi connectivity index (χ3v) is 3.19. The molecule has 0 aliphatic carbocycles. The van der Waals surface area contributed by atoms with E-state index < -0.39 is 10.4 Å². The molecule has 0 aliphatic rings. The number of rotatable bonds is 2. The van der Waals surface area contributed by atoms with Gasteiger partial charge in [-0.25, -0.2) is 0 Å². The molecular weight excluding hydrogens is 264 g/mol. The molecule has 2 aromatic rings. The Morgan fingerprint density at radius 1 is 1.37 bits per heavy atom. The van der Waals surface area contributed by atoms with E-state index in [9.17, 15) is 14.7 Å². The molecule has 0 radical (unpaired) electrons. The Hall–Kier alpha value is -2.21. The molecule has 19 heavy (non-hydrogen) atoms.